The molecule has 0 radical (unpaired) electrons. The van der Waals surface area contributed by atoms with Crippen molar-refractivity contribution in [3.8, 4) is 0 Å². The lowest BCUT2D eigenvalue weighted by molar-refractivity contribution is 0.0231. The van der Waals surface area contributed by atoms with Crippen molar-refractivity contribution in [1.82, 2.24) is 10.2 Å². The van der Waals surface area contributed by atoms with Crippen LogP contribution < -0.4 is 5.32 Å². The number of ether oxygens (including phenoxy) is 1. The smallest absolute Gasteiger partial charge is 0.410 e. The molecule has 2 aliphatic rings. The number of carbonyl (C=O) groups is 1. The van der Waals surface area contributed by atoms with E-state index in [-0.39, 0.29) is 6.09 Å². The summed E-state index contributed by atoms with van der Waals surface area (Å²) in [5, 5.41) is 3.68. The van der Waals surface area contributed by atoms with Gasteiger partial charge in [0.15, 0.2) is 0 Å². The van der Waals surface area contributed by atoms with E-state index in [1.54, 1.807) is 0 Å². The van der Waals surface area contributed by atoms with Crippen molar-refractivity contribution in [1.29, 1.82) is 0 Å². The quantitative estimate of drug-likeness (QED) is 0.709. The second kappa shape index (κ2) is 8.36. The molecule has 0 bridgehead atoms. The van der Waals surface area contributed by atoms with Crippen LogP contribution in [0.4, 0.5) is 4.79 Å². The van der Waals surface area contributed by atoms with Gasteiger partial charge in [0.25, 0.3) is 0 Å². The highest BCUT2D eigenvalue weighted by Crippen LogP contribution is 2.29. The average Bonchev–Trinajstić information content (AvgIpc) is 3.30. The van der Waals surface area contributed by atoms with E-state index < -0.39 is 5.60 Å². The fourth-order valence-corrected chi connectivity index (χ4v) is 3.51. The second-order valence-electron chi connectivity index (χ2n) is 8.40. The zero-order chi connectivity index (χ0) is 16.9. The fourth-order valence-electron chi connectivity index (χ4n) is 3.51. The van der Waals surface area contributed by atoms with Gasteiger partial charge in [-0.1, -0.05) is 19.3 Å². The highest BCUT2D eigenvalue weighted by atomic mass is 16.6. The number of nitrogens with zero attached hydrogens (tertiary/aromatic N) is 1. The number of hydrogen-bond donors (Lipinski definition) is 1. The standard InChI is InChI=1S/C19H36N2O2/c1-15(16-9-6-5-7-10-16)20-13-8-14-21(17-11-12-17)18(22)23-19(2,3)4/h15-17,20H,5-14H2,1-4H3. The van der Waals surface area contributed by atoms with Crippen LogP contribution in [-0.2, 0) is 4.74 Å². The van der Waals surface area contributed by atoms with Crippen LogP contribution in [0.15, 0.2) is 0 Å². The Labute approximate surface area is 142 Å². The highest BCUT2D eigenvalue weighted by molar-refractivity contribution is 5.69. The Bertz CT molecular complexity index is 368. The van der Waals surface area contributed by atoms with E-state index in [1.165, 1.54) is 32.1 Å². The van der Waals surface area contributed by atoms with Gasteiger partial charge in [0.1, 0.15) is 5.60 Å². The highest BCUT2D eigenvalue weighted by Gasteiger charge is 2.34. The van der Waals surface area contributed by atoms with Crippen molar-refractivity contribution in [3.63, 3.8) is 0 Å². The van der Waals surface area contributed by atoms with E-state index in [4.69, 9.17) is 4.74 Å². The van der Waals surface area contributed by atoms with E-state index in [9.17, 15) is 4.79 Å². The molecule has 2 fully saturated rings. The Morgan fingerprint density at radius 3 is 2.39 bits per heavy atom. The van der Waals surface area contributed by atoms with Gasteiger partial charge < -0.3 is 15.0 Å². The van der Waals surface area contributed by atoms with Gasteiger partial charge in [-0.25, -0.2) is 4.79 Å². The molecule has 4 heteroatoms. The lowest BCUT2D eigenvalue weighted by Crippen LogP contribution is -2.40. The van der Waals surface area contributed by atoms with Gasteiger partial charge >= 0.3 is 6.09 Å². The molecule has 0 spiro atoms. The fraction of sp³-hybridized carbons (Fsp3) is 0.947. The van der Waals surface area contributed by atoms with Gasteiger partial charge in [0.2, 0.25) is 0 Å². The third kappa shape index (κ3) is 6.70. The maximum Gasteiger partial charge on any atom is 0.410 e. The first kappa shape index (κ1) is 18.6. The van der Waals surface area contributed by atoms with Crippen LogP contribution in [0.5, 0.6) is 0 Å². The zero-order valence-electron chi connectivity index (χ0n) is 15.6. The van der Waals surface area contributed by atoms with Crippen LogP contribution in [0.25, 0.3) is 0 Å². The minimum atomic E-state index is -0.405. The minimum Gasteiger partial charge on any atom is -0.444 e. The van der Waals surface area contributed by atoms with Crippen LogP contribution >= 0.6 is 0 Å². The van der Waals surface area contributed by atoms with Crippen LogP contribution in [0.2, 0.25) is 0 Å². The molecule has 0 aromatic carbocycles. The second-order valence-corrected chi connectivity index (χ2v) is 8.40. The monoisotopic (exact) mass is 324 g/mol. The largest absolute Gasteiger partial charge is 0.444 e. The summed E-state index contributed by atoms with van der Waals surface area (Å²) in [6.07, 6.45) is 10.1. The third-order valence-electron chi connectivity index (χ3n) is 5.01. The molecule has 0 heterocycles. The van der Waals surface area contributed by atoms with Gasteiger partial charge in [0, 0.05) is 18.6 Å². The molecule has 2 rings (SSSR count). The summed E-state index contributed by atoms with van der Waals surface area (Å²) in [6, 6.07) is 1.02. The lowest BCUT2D eigenvalue weighted by atomic mass is 9.84. The summed E-state index contributed by atoms with van der Waals surface area (Å²) >= 11 is 0. The first-order chi connectivity index (χ1) is 10.9. The molecule has 0 aromatic heterocycles. The SMILES string of the molecule is CC(NCCCN(C(=O)OC(C)(C)C)C1CC1)C1CCCCC1. The van der Waals surface area contributed by atoms with E-state index in [0.29, 0.717) is 12.1 Å². The molecule has 1 unspecified atom stereocenters. The van der Waals surface area contributed by atoms with Gasteiger partial charge in [0.05, 0.1) is 0 Å². The molecule has 4 nitrogen and oxygen atoms in total. The van der Waals surface area contributed by atoms with E-state index >= 15 is 0 Å². The molecule has 23 heavy (non-hydrogen) atoms. The van der Waals surface area contributed by atoms with Crippen molar-refractivity contribution < 1.29 is 9.53 Å². The van der Waals surface area contributed by atoms with Crippen LogP contribution in [-0.4, -0.2) is 41.8 Å². The van der Waals surface area contributed by atoms with Gasteiger partial charge in [-0.05, 0) is 72.3 Å². The maximum atomic E-state index is 12.3. The number of rotatable bonds is 7. The summed E-state index contributed by atoms with van der Waals surface area (Å²) in [4.78, 5) is 14.2. The third-order valence-corrected chi connectivity index (χ3v) is 5.01. The molecule has 1 amide bonds. The Kier molecular flexibility index (Phi) is 6.75. The van der Waals surface area contributed by atoms with E-state index in [1.807, 2.05) is 25.7 Å². The Morgan fingerprint density at radius 2 is 1.83 bits per heavy atom. The summed E-state index contributed by atoms with van der Waals surface area (Å²) < 4.78 is 5.54. The van der Waals surface area contributed by atoms with Gasteiger partial charge in [-0.2, -0.15) is 0 Å². The molecular formula is C19H36N2O2. The summed E-state index contributed by atoms with van der Waals surface area (Å²) in [6.45, 7) is 9.92. The van der Waals surface area contributed by atoms with Crippen molar-refractivity contribution in [2.24, 2.45) is 5.92 Å². The first-order valence-electron chi connectivity index (χ1n) is 9.60. The van der Waals surface area contributed by atoms with Crippen molar-refractivity contribution in [3.05, 3.63) is 0 Å². The molecule has 0 aromatic rings. The summed E-state index contributed by atoms with van der Waals surface area (Å²) in [7, 11) is 0. The number of amides is 1. The van der Waals surface area contributed by atoms with Crippen LogP contribution in [0.3, 0.4) is 0 Å². The number of carbonyl (C=O) groups excluding carboxylic acids is 1. The average molecular weight is 325 g/mol. The van der Waals surface area contributed by atoms with Gasteiger partial charge in [-0.3, -0.25) is 0 Å². The van der Waals surface area contributed by atoms with Crippen LogP contribution in [0, 0.1) is 5.92 Å². The Hall–Kier alpha value is -0.770. The molecule has 0 saturated heterocycles. The molecule has 2 saturated carbocycles. The predicted molar refractivity (Wildman–Crippen MR) is 94.6 cm³/mol. The molecule has 2 aliphatic carbocycles. The number of nitrogens with one attached hydrogen (secondary N) is 1. The minimum absolute atomic E-state index is 0.139. The first-order valence-corrected chi connectivity index (χ1v) is 9.60. The summed E-state index contributed by atoms with van der Waals surface area (Å²) in [5.74, 6) is 0.842. The van der Waals surface area contributed by atoms with Crippen molar-refractivity contribution >= 4 is 6.09 Å². The van der Waals surface area contributed by atoms with Crippen molar-refractivity contribution in [2.75, 3.05) is 13.1 Å². The zero-order valence-corrected chi connectivity index (χ0v) is 15.6. The van der Waals surface area contributed by atoms with E-state index in [2.05, 4.69) is 12.2 Å². The maximum absolute atomic E-state index is 12.3. The molecule has 134 valence electrons. The van der Waals surface area contributed by atoms with Crippen LogP contribution in [0.1, 0.15) is 79.1 Å². The van der Waals surface area contributed by atoms with Gasteiger partial charge in [-0.15, -0.1) is 0 Å². The lowest BCUT2D eigenvalue weighted by Gasteiger charge is -2.29. The molecular weight excluding hydrogens is 288 g/mol. The molecule has 0 aliphatic heterocycles. The Morgan fingerprint density at radius 1 is 1.17 bits per heavy atom. The Balaban J connectivity index is 1.67. The normalized spacial score (nSPS) is 21.0. The van der Waals surface area contributed by atoms with Crippen molar-refractivity contribution in [2.45, 2.75) is 96.7 Å². The number of hydrogen-bond acceptors (Lipinski definition) is 3. The topological polar surface area (TPSA) is 41.6 Å². The predicted octanol–water partition coefficient (Wildman–Crippen LogP) is 4.33. The molecule has 1 N–H and O–H groups in total. The summed E-state index contributed by atoms with van der Waals surface area (Å²) in [5.41, 5.74) is -0.405. The molecule has 1 atom stereocenters. The van der Waals surface area contributed by atoms with E-state index in [0.717, 1.165) is 38.3 Å².